The average Bonchev–Trinajstić information content (AvgIpc) is 2.23. The van der Waals surface area contributed by atoms with Gasteiger partial charge in [-0.3, -0.25) is 4.79 Å². The maximum atomic E-state index is 13.3. The van der Waals surface area contributed by atoms with Crippen LogP contribution in [0.4, 0.5) is 4.39 Å². The summed E-state index contributed by atoms with van der Waals surface area (Å²) in [6, 6.07) is 4.78. The molecule has 0 radical (unpaired) electrons. The number of likely N-dealkylation sites (N-methyl/N-ethyl adjacent to an activating group) is 1. The molecule has 88 valence electrons. The Kier molecular flexibility index (Phi) is 5.42. The Balaban J connectivity index is 2.42. The summed E-state index contributed by atoms with van der Waals surface area (Å²) in [5, 5.41) is 5.44. The van der Waals surface area contributed by atoms with Gasteiger partial charge in [-0.1, -0.05) is 15.9 Å². The van der Waals surface area contributed by atoms with Gasteiger partial charge in [0.15, 0.2) is 0 Å². The number of amides is 1. The molecule has 0 saturated carbocycles. The highest BCUT2D eigenvalue weighted by Gasteiger charge is 2.03. The number of hydrogen-bond acceptors (Lipinski definition) is 2. The third-order valence-corrected chi connectivity index (χ3v) is 2.55. The first-order valence-electron chi connectivity index (χ1n) is 4.98. The third-order valence-electron chi connectivity index (χ3n) is 2.06. The molecule has 0 spiro atoms. The van der Waals surface area contributed by atoms with Crippen LogP contribution in [0.25, 0.3) is 0 Å². The average molecular weight is 289 g/mol. The van der Waals surface area contributed by atoms with E-state index in [-0.39, 0.29) is 18.3 Å². The second-order valence-corrected chi connectivity index (χ2v) is 4.28. The Bertz CT molecular complexity index is 371. The Labute approximate surface area is 103 Å². The summed E-state index contributed by atoms with van der Waals surface area (Å²) in [5.74, 6) is -0.330. The Morgan fingerprint density at radius 3 is 2.94 bits per heavy atom. The summed E-state index contributed by atoms with van der Waals surface area (Å²) in [6.07, 6.45) is 0.487. The molecule has 0 aromatic heterocycles. The molecule has 3 nitrogen and oxygen atoms in total. The first kappa shape index (κ1) is 13.1. The predicted molar refractivity (Wildman–Crippen MR) is 64.7 cm³/mol. The van der Waals surface area contributed by atoms with E-state index in [1.54, 1.807) is 19.2 Å². The molecular weight excluding hydrogens is 275 g/mol. The van der Waals surface area contributed by atoms with Crippen molar-refractivity contribution in [3.63, 3.8) is 0 Å². The lowest BCUT2D eigenvalue weighted by Crippen LogP contribution is -2.33. The van der Waals surface area contributed by atoms with Crippen molar-refractivity contribution in [3.05, 3.63) is 34.1 Å². The summed E-state index contributed by atoms with van der Waals surface area (Å²) in [7, 11) is 1.70. The number of carbonyl (C=O) groups is 1. The van der Waals surface area contributed by atoms with Crippen molar-refractivity contribution in [2.45, 2.75) is 6.42 Å². The van der Waals surface area contributed by atoms with E-state index in [4.69, 9.17) is 0 Å². The van der Waals surface area contributed by atoms with E-state index in [0.29, 0.717) is 18.5 Å². The van der Waals surface area contributed by atoms with E-state index in [1.807, 2.05) is 0 Å². The fourth-order valence-electron chi connectivity index (χ4n) is 1.29. The van der Waals surface area contributed by atoms with Gasteiger partial charge in [0.25, 0.3) is 0 Å². The van der Waals surface area contributed by atoms with Crippen molar-refractivity contribution >= 4 is 21.8 Å². The minimum atomic E-state index is -0.244. The van der Waals surface area contributed by atoms with Crippen LogP contribution < -0.4 is 10.6 Å². The van der Waals surface area contributed by atoms with Gasteiger partial charge in [-0.15, -0.1) is 0 Å². The van der Waals surface area contributed by atoms with Crippen molar-refractivity contribution in [3.8, 4) is 0 Å². The normalized spacial score (nSPS) is 10.2. The van der Waals surface area contributed by atoms with Gasteiger partial charge in [0.2, 0.25) is 5.91 Å². The standard InChI is InChI=1S/C11H14BrFN2O/c1-14-7-11(16)15-5-4-8-6-9(12)2-3-10(8)13/h2-3,6,14H,4-5,7H2,1H3,(H,15,16). The number of halogens is 2. The van der Waals surface area contributed by atoms with Crippen LogP contribution in [0.15, 0.2) is 22.7 Å². The van der Waals surface area contributed by atoms with Gasteiger partial charge in [0, 0.05) is 11.0 Å². The molecule has 0 atom stereocenters. The fourth-order valence-corrected chi connectivity index (χ4v) is 1.70. The lowest BCUT2D eigenvalue weighted by Gasteiger charge is -2.06. The summed E-state index contributed by atoms with van der Waals surface area (Å²) in [6.45, 7) is 0.717. The SMILES string of the molecule is CNCC(=O)NCCc1cc(Br)ccc1F. The lowest BCUT2D eigenvalue weighted by molar-refractivity contribution is -0.120. The molecule has 0 aliphatic heterocycles. The summed E-state index contributed by atoms with van der Waals surface area (Å²) < 4.78 is 14.1. The van der Waals surface area contributed by atoms with Gasteiger partial charge in [-0.25, -0.2) is 4.39 Å². The molecule has 0 heterocycles. The van der Waals surface area contributed by atoms with Gasteiger partial charge in [0.05, 0.1) is 6.54 Å². The molecule has 0 aliphatic rings. The molecule has 0 aliphatic carbocycles. The van der Waals surface area contributed by atoms with E-state index in [0.717, 1.165) is 4.47 Å². The zero-order chi connectivity index (χ0) is 12.0. The van der Waals surface area contributed by atoms with E-state index >= 15 is 0 Å². The third kappa shape index (κ3) is 4.28. The van der Waals surface area contributed by atoms with Crippen LogP contribution in [0.3, 0.4) is 0 Å². The monoisotopic (exact) mass is 288 g/mol. The molecule has 0 saturated heterocycles. The van der Waals surface area contributed by atoms with Crippen molar-refractivity contribution in [2.75, 3.05) is 20.1 Å². The second-order valence-electron chi connectivity index (χ2n) is 3.37. The maximum absolute atomic E-state index is 13.3. The smallest absolute Gasteiger partial charge is 0.233 e. The Morgan fingerprint density at radius 2 is 2.25 bits per heavy atom. The van der Waals surface area contributed by atoms with Gasteiger partial charge in [-0.2, -0.15) is 0 Å². The van der Waals surface area contributed by atoms with E-state index < -0.39 is 0 Å². The van der Waals surface area contributed by atoms with E-state index in [2.05, 4.69) is 26.6 Å². The van der Waals surface area contributed by atoms with Gasteiger partial charge in [-0.05, 0) is 37.2 Å². The van der Waals surface area contributed by atoms with Crippen LogP contribution in [-0.4, -0.2) is 26.0 Å². The van der Waals surface area contributed by atoms with Crippen molar-refractivity contribution in [2.24, 2.45) is 0 Å². The highest BCUT2D eigenvalue weighted by atomic mass is 79.9. The van der Waals surface area contributed by atoms with Crippen LogP contribution in [0.2, 0.25) is 0 Å². The molecule has 2 N–H and O–H groups in total. The topological polar surface area (TPSA) is 41.1 Å². The number of benzene rings is 1. The predicted octanol–water partition coefficient (Wildman–Crippen LogP) is 1.47. The summed E-state index contributed by atoms with van der Waals surface area (Å²) in [5.41, 5.74) is 0.596. The number of rotatable bonds is 5. The van der Waals surface area contributed by atoms with Crippen molar-refractivity contribution in [1.29, 1.82) is 0 Å². The zero-order valence-electron chi connectivity index (χ0n) is 9.02. The zero-order valence-corrected chi connectivity index (χ0v) is 10.6. The second kappa shape index (κ2) is 6.60. The van der Waals surface area contributed by atoms with Crippen molar-refractivity contribution < 1.29 is 9.18 Å². The largest absolute Gasteiger partial charge is 0.355 e. The summed E-state index contributed by atoms with van der Waals surface area (Å²) in [4.78, 5) is 11.1. The highest BCUT2D eigenvalue weighted by molar-refractivity contribution is 9.10. The van der Waals surface area contributed by atoms with E-state index in [1.165, 1.54) is 6.07 Å². The first-order valence-corrected chi connectivity index (χ1v) is 5.78. The minimum Gasteiger partial charge on any atom is -0.355 e. The Morgan fingerprint density at radius 1 is 1.50 bits per heavy atom. The van der Waals surface area contributed by atoms with Gasteiger partial charge < -0.3 is 10.6 Å². The lowest BCUT2D eigenvalue weighted by atomic mass is 10.1. The molecule has 1 amide bonds. The number of nitrogens with one attached hydrogen (secondary N) is 2. The van der Waals surface area contributed by atoms with Gasteiger partial charge in [0.1, 0.15) is 5.82 Å². The molecule has 0 unspecified atom stereocenters. The molecule has 1 aromatic carbocycles. The van der Waals surface area contributed by atoms with Crippen LogP contribution in [0.1, 0.15) is 5.56 Å². The van der Waals surface area contributed by atoms with Crippen LogP contribution in [0.5, 0.6) is 0 Å². The van der Waals surface area contributed by atoms with Gasteiger partial charge >= 0.3 is 0 Å². The molecule has 5 heteroatoms. The quantitative estimate of drug-likeness (QED) is 0.862. The highest BCUT2D eigenvalue weighted by Crippen LogP contribution is 2.15. The molecule has 0 bridgehead atoms. The van der Waals surface area contributed by atoms with Crippen molar-refractivity contribution in [1.82, 2.24) is 10.6 Å². The molecule has 1 rings (SSSR count). The minimum absolute atomic E-state index is 0.0853. The molecule has 16 heavy (non-hydrogen) atoms. The Hall–Kier alpha value is -0.940. The van der Waals surface area contributed by atoms with Crippen LogP contribution in [-0.2, 0) is 11.2 Å². The molecule has 0 fully saturated rings. The fraction of sp³-hybridized carbons (Fsp3) is 0.364. The maximum Gasteiger partial charge on any atom is 0.233 e. The number of carbonyl (C=O) groups excluding carboxylic acids is 1. The number of hydrogen-bond donors (Lipinski definition) is 2. The van der Waals surface area contributed by atoms with E-state index in [9.17, 15) is 9.18 Å². The van der Waals surface area contributed by atoms with Crippen LogP contribution in [0, 0.1) is 5.82 Å². The first-order chi connectivity index (χ1) is 7.63. The summed E-state index contributed by atoms with van der Waals surface area (Å²) >= 11 is 3.28. The molecule has 1 aromatic rings. The van der Waals surface area contributed by atoms with Crippen LogP contribution >= 0.6 is 15.9 Å². The molecular formula is C11H14BrFN2O.